The van der Waals surface area contributed by atoms with E-state index in [-0.39, 0.29) is 17.7 Å². The number of benzene rings is 2. The Morgan fingerprint density at radius 3 is 2.79 bits per heavy atom. The van der Waals surface area contributed by atoms with Gasteiger partial charge in [0.1, 0.15) is 29.1 Å². The average molecular weight is 450 g/mol. The van der Waals surface area contributed by atoms with E-state index in [2.05, 4.69) is 20.6 Å². The van der Waals surface area contributed by atoms with E-state index in [1.807, 2.05) is 35.9 Å². The predicted octanol–water partition coefficient (Wildman–Crippen LogP) is 3.85. The summed E-state index contributed by atoms with van der Waals surface area (Å²) >= 11 is 0. The normalized spacial score (nSPS) is 15.6. The summed E-state index contributed by atoms with van der Waals surface area (Å²) in [5, 5.41) is 11.0. The average Bonchev–Trinajstić information content (AvgIpc) is 3.40. The summed E-state index contributed by atoms with van der Waals surface area (Å²) in [7, 11) is 1.58. The first-order chi connectivity index (χ1) is 15.9. The van der Waals surface area contributed by atoms with Gasteiger partial charge in [0.05, 0.1) is 31.0 Å². The fourth-order valence-corrected chi connectivity index (χ4v) is 4.01. The molecule has 0 radical (unpaired) electrons. The maximum atomic E-state index is 14.2. The van der Waals surface area contributed by atoms with Crippen molar-refractivity contribution < 1.29 is 18.3 Å². The summed E-state index contributed by atoms with van der Waals surface area (Å²) in [6, 6.07) is 6.84. The van der Waals surface area contributed by atoms with Crippen LogP contribution in [0.5, 0.6) is 5.75 Å². The van der Waals surface area contributed by atoms with E-state index >= 15 is 0 Å². The number of fused-ring (bicyclic) bond motifs is 1. The number of aryl methyl sites for hydroxylation is 1. The van der Waals surface area contributed by atoms with Crippen molar-refractivity contribution in [1.82, 2.24) is 24.5 Å². The van der Waals surface area contributed by atoms with Gasteiger partial charge in [0.25, 0.3) is 0 Å². The molecule has 5 rings (SSSR count). The molecular formula is C23H20F2N6O2. The Hall–Kier alpha value is -4.08. The number of amides is 1. The summed E-state index contributed by atoms with van der Waals surface area (Å²) in [6.07, 6.45) is 5.82. The Labute approximate surface area is 187 Å². The molecule has 1 amide bonds. The van der Waals surface area contributed by atoms with Gasteiger partial charge in [-0.1, -0.05) is 11.3 Å². The Balaban J connectivity index is 1.42. The lowest BCUT2D eigenvalue weighted by molar-refractivity contribution is -0.119. The van der Waals surface area contributed by atoms with Gasteiger partial charge >= 0.3 is 0 Å². The number of halogens is 2. The molecule has 0 saturated carbocycles. The molecule has 168 valence electrons. The van der Waals surface area contributed by atoms with E-state index in [1.54, 1.807) is 19.6 Å². The smallest absolute Gasteiger partial charge is 0.249 e. The molecule has 0 saturated heterocycles. The van der Waals surface area contributed by atoms with Crippen molar-refractivity contribution in [3.05, 3.63) is 71.9 Å². The largest absolute Gasteiger partial charge is 0.495 e. The third-order valence-electron chi connectivity index (χ3n) is 5.68. The van der Waals surface area contributed by atoms with E-state index < -0.39 is 23.6 Å². The number of anilines is 1. The molecular weight excluding hydrogens is 430 g/mol. The highest BCUT2D eigenvalue weighted by Gasteiger charge is 2.28. The molecule has 1 aliphatic heterocycles. The van der Waals surface area contributed by atoms with E-state index in [0.29, 0.717) is 17.9 Å². The van der Waals surface area contributed by atoms with E-state index in [1.165, 1.54) is 4.68 Å². The van der Waals surface area contributed by atoms with Crippen LogP contribution in [0.25, 0.3) is 16.9 Å². The van der Waals surface area contributed by atoms with Gasteiger partial charge < -0.3 is 14.6 Å². The second kappa shape index (κ2) is 8.12. The predicted molar refractivity (Wildman–Crippen MR) is 116 cm³/mol. The molecule has 8 nitrogen and oxygen atoms in total. The molecule has 1 aliphatic rings. The van der Waals surface area contributed by atoms with Crippen molar-refractivity contribution in [2.75, 3.05) is 12.4 Å². The maximum Gasteiger partial charge on any atom is 0.249 e. The molecule has 33 heavy (non-hydrogen) atoms. The Bertz CT molecular complexity index is 1360. The highest BCUT2D eigenvalue weighted by Crippen LogP contribution is 2.32. The summed E-state index contributed by atoms with van der Waals surface area (Å²) in [4.78, 5) is 17.0. The van der Waals surface area contributed by atoms with Crippen molar-refractivity contribution in [3.63, 3.8) is 0 Å². The number of hydrogen-bond acceptors (Lipinski definition) is 5. The van der Waals surface area contributed by atoms with Gasteiger partial charge in [-0.2, -0.15) is 0 Å². The minimum Gasteiger partial charge on any atom is -0.495 e. The van der Waals surface area contributed by atoms with Gasteiger partial charge in [-0.3, -0.25) is 4.79 Å². The number of carbonyl (C=O) groups is 1. The SMILES string of the molecule is COc1cc(-c2cn(C3CCc4c(F)cc(F)cc4NC3=O)nn2)ccc1-n1cnc(C)c1. The quantitative estimate of drug-likeness (QED) is 0.510. The zero-order valence-electron chi connectivity index (χ0n) is 17.9. The molecule has 1 atom stereocenters. The third kappa shape index (κ3) is 3.84. The van der Waals surface area contributed by atoms with Gasteiger partial charge in [-0.05, 0) is 38.0 Å². The standard InChI is InChI=1S/C23H20F2N6O2/c1-13-10-30(12-26-13)20-5-3-14(7-22(20)33-2)19-11-31(29-28-19)21-6-4-16-17(25)8-15(24)9-18(16)27-23(21)32/h3,5,7-12,21H,4,6H2,1-2H3,(H,27,32). The second-order valence-corrected chi connectivity index (χ2v) is 7.85. The van der Waals surface area contributed by atoms with Crippen molar-refractivity contribution in [3.8, 4) is 22.7 Å². The van der Waals surface area contributed by atoms with Gasteiger partial charge in [-0.25, -0.2) is 18.4 Å². The number of methoxy groups -OCH3 is 1. The number of ether oxygens (including phenoxy) is 1. The van der Waals surface area contributed by atoms with Crippen molar-refractivity contribution >= 4 is 11.6 Å². The van der Waals surface area contributed by atoms with Crippen LogP contribution in [0.2, 0.25) is 0 Å². The summed E-state index contributed by atoms with van der Waals surface area (Å²) in [5.74, 6) is -1.19. The lowest BCUT2D eigenvalue weighted by Crippen LogP contribution is -2.25. The zero-order chi connectivity index (χ0) is 23.1. The molecule has 10 heteroatoms. The first kappa shape index (κ1) is 20.8. The van der Waals surface area contributed by atoms with Gasteiger partial charge in [-0.15, -0.1) is 5.10 Å². The van der Waals surface area contributed by atoms with Crippen LogP contribution >= 0.6 is 0 Å². The lowest BCUT2D eigenvalue weighted by atomic mass is 10.1. The molecule has 0 fully saturated rings. The highest BCUT2D eigenvalue weighted by molar-refractivity contribution is 5.95. The fourth-order valence-electron chi connectivity index (χ4n) is 4.01. The third-order valence-corrected chi connectivity index (χ3v) is 5.68. The second-order valence-electron chi connectivity index (χ2n) is 7.85. The van der Waals surface area contributed by atoms with Crippen molar-refractivity contribution in [2.45, 2.75) is 25.8 Å². The maximum absolute atomic E-state index is 14.2. The lowest BCUT2D eigenvalue weighted by Gasteiger charge is -2.12. The summed E-state index contributed by atoms with van der Waals surface area (Å²) < 4.78 is 36.6. The molecule has 2 aromatic carbocycles. The van der Waals surface area contributed by atoms with Crippen LogP contribution in [-0.2, 0) is 11.2 Å². The van der Waals surface area contributed by atoms with E-state index in [4.69, 9.17) is 4.74 Å². The van der Waals surface area contributed by atoms with Crippen LogP contribution in [0.1, 0.15) is 23.7 Å². The summed E-state index contributed by atoms with van der Waals surface area (Å²) in [6.45, 7) is 1.91. The topological polar surface area (TPSA) is 86.9 Å². The molecule has 0 spiro atoms. The van der Waals surface area contributed by atoms with Crippen LogP contribution in [-0.4, -0.2) is 37.6 Å². The van der Waals surface area contributed by atoms with Gasteiger partial charge in [0.2, 0.25) is 5.91 Å². The van der Waals surface area contributed by atoms with E-state index in [0.717, 1.165) is 29.1 Å². The molecule has 0 bridgehead atoms. The first-order valence-electron chi connectivity index (χ1n) is 10.3. The molecule has 2 aromatic heterocycles. The zero-order valence-corrected chi connectivity index (χ0v) is 17.9. The first-order valence-corrected chi connectivity index (χ1v) is 10.3. The minimum atomic E-state index is -0.740. The Morgan fingerprint density at radius 1 is 1.18 bits per heavy atom. The minimum absolute atomic E-state index is 0.149. The Kier molecular flexibility index (Phi) is 5.12. The number of rotatable bonds is 4. The number of imidazole rings is 1. The fraction of sp³-hybridized carbons (Fsp3) is 0.217. The number of aromatic nitrogens is 5. The molecule has 1 unspecified atom stereocenters. The summed E-state index contributed by atoms with van der Waals surface area (Å²) in [5.41, 5.74) is 3.44. The molecule has 3 heterocycles. The van der Waals surface area contributed by atoms with Gasteiger partial charge in [0.15, 0.2) is 0 Å². The number of carbonyl (C=O) groups excluding carboxylic acids is 1. The molecule has 1 N–H and O–H groups in total. The van der Waals surface area contributed by atoms with Crippen LogP contribution in [0.15, 0.2) is 49.1 Å². The van der Waals surface area contributed by atoms with Crippen LogP contribution < -0.4 is 10.1 Å². The highest BCUT2D eigenvalue weighted by atomic mass is 19.1. The van der Waals surface area contributed by atoms with Crippen molar-refractivity contribution in [2.24, 2.45) is 0 Å². The van der Waals surface area contributed by atoms with Crippen LogP contribution in [0.3, 0.4) is 0 Å². The Morgan fingerprint density at radius 2 is 2.03 bits per heavy atom. The monoisotopic (exact) mass is 450 g/mol. The van der Waals surface area contributed by atoms with Crippen LogP contribution in [0.4, 0.5) is 14.5 Å². The van der Waals surface area contributed by atoms with Gasteiger partial charge in [0, 0.05) is 29.1 Å². The molecule has 4 aromatic rings. The van der Waals surface area contributed by atoms with Crippen molar-refractivity contribution in [1.29, 1.82) is 0 Å². The number of hydrogen-bond donors (Lipinski definition) is 1. The molecule has 0 aliphatic carbocycles. The number of nitrogens with zero attached hydrogens (tertiary/aromatic N) is 5. The number of nitrogens with one attached hydrogen (secondary N) is 1. The van der Waals surface area contributed by atoms with Crippen LogP contribution in [0, 0.1) is 18.6 Å². The van der Waals surface area contributed by atoms with E-state index in [9.17, 15) is 13.6 Å².